The normalized spacial score (nSPS) is 12.3. The van der Waals surface area contributed by atoms with E-state index in [0.717, 1.165) is 51.0 Å². The van der Waals surface area contributed by atoms with E-state index in [4.69, 9.17) is 23.6 Å². The van der Waals surface area contributed by atoms with Crippen LogP contribution in [-0.4, -0.2) is 42.0 Å². The van der Waals surface area contributed by atoms with Crippen molar-refractivity contribution in [3.05, 3.63) is 83.9 Å². The number of likely N-dealkylation sites (N-methyl/N-ethyl adjacent to an activating group) is 1. The monoisotopic (exact) mass is 472 g/mol. The molecule has 0 unspecified atom stereocenters. The van der Waals surface area contributed by atoms with Crippen molar-refractivity contribution < 1.29 is 23.7 Å². The summed E-state index contributed by atoms with van der Waals surface area (Å²) in [6, 6.07) is 21.9. The molecule has 1 N–H and O–H groups in total. The third-order valence-corrected chi connectivity index (χ3v) is 6.00. The molecule has 0 saturated carbocycles. The van der Waals surface area contributed by atoms with Crippen LogP contribution in [0.4, 0.5) is 0 Å². The molecule has 0 aliphatic carbocycles. The van der Waals surface area contributed by atoms with Crippen LogP contribution < -0.4 is 14.2 Å². The summed E-state index contributed by atoms with van der Waals surface area (Å²) in [6.45, 7) is 3.66. The first-order valence-corrected chi connectivity index (χ1v) is 11.6. The maximum absolute atomic E-state index is 9.27. The predicted octanol–water partition coefficient (Wildman–Crippen LogP) is 5.05. The summed E-state index contributed by atoms with van der Waals surface area (Å²) >= 11 is 0. The Morgan fingerprint density at radius 3 is 2.63 bits per heavy atom. The molecule has 2 heterocycles. The van der Waals surface area contributed by atoms with Crippen molar-refractivity contribution in [3.8, 4) is 39.6 Å². The summed E-state index contributed by atoms with van der Waals surface area (Å²) in [7, 11) is 1.94. The van der Waals surface area contributed by atoms with Crippen molar-refractivity contribution in [2.45, 2.75) is 20.1 Å². The molecule has 0 fully saturated rings. The molecule has 0 saturated heterocycles. The van der Waals surface area contributed by atoms with Crippen LogP contribution in [-0.2, 0) is 13.2 Å². The number of benzene rings is 3. The van der Waals surface area contributed by atoms with Gasteiger partial charge >= 0.3 is 0 Å². The van der Waals surface area contributed by atoms with Gasteiger partial charge < -0.3 is 23.7 Å². The van der Waals surface area contributed by atoms with Gasteiger partial charge in [-0.1, -0.05) is 48.5 Å². The second kappa shape index (κ2) is 10.2. The minimum Gasteiger partial charge on any atom is -0.484 e. The van der Waals surface area contributed by atoms with Gasteiger partial charge in [0.15, 0.2) is 18.1 Å². The summed E-state index contributed by atoms with van der Waals surface area (Å²) in [5.74, 6) is 3.52. The number of hydrogen-bond donors (Lipinski definition) is 1. The highest BCUT2D eigenvalue weighted by molar-refractivity contribution is 5.72. The van der Waals surface area contributed by atoms with Crippen molar-refractivity contribution >= 4 is 0 Å². The zero-order valence-electron chi connectivity index (χ0n) is 19.9. The molecule has 0 spiro atoms. The number of aliphatic hydroxyl groups excluding tert-OH is 1. The van der Waals surface area contributed by atoms with Crippen molar-refractivity contribution in [1.82, 2.24) is 9.88 Å². The number of oxazole rings is 1. The summed E-state index contributed by atoms with van der Waals surface area (Å²) < 4.78 is 23.3. The van der Waals surface area contributed by atoms with E-state index in [1.165, 1.54) is 0 Å². The van der Waals surface area contributed by atoms with Crippen LogP contribution in [0.3, 0.4) is 0 Å². The van der Waals surface area contributed by atoms with E-state index in [-0.39, 0.29) is 20.0 Å². The Morgan fingerprint density at radius 2 is 1.80 bits per heavy atom. The Morgan fingerprint density at radius 1 is 0.971 bits per heavy atom. The number of aliphatic hydroxyl groups is 1. The molecule has 0 atom stereocenters. The highest BCUT2D eigenvalue weighted by Gasteiger charge is 2.19. The van der Waals surface area contributed by atoms with Gasteiger partial charge in [0.1, 0.15) is 17.2 Å². The van der Waals surface area contributed by atoms with Gasteiger partial charge in [0, 0.05) is 12.1 Å². The molecule has 1 aliphatic rings. The second-order valence-electron chi connectivity index (χ2n) is 8.49. The maximum Gasteiger partial charge on any atom is 0.233 e. The molecule has 4 aromatic rings. The molecule has 7 heteroatoms. The Labute approximate surface area is 204 Å². The number of rotatable bonds is 9. The molecule has 1 aromatic heterocycles. The lowest BCUT2D eigenvalue weighted by Crippen LogP contribution is -2.21. The molecule has 0 bridgehead atoms. The number of hydrogen-bond acceptors (Lipinski definition) is 7. The van der Waals surface area contributed by atoms with Gasteiger partial charge in [0.25, 0.3) is 0 Å². The molecular formula is C28H28N2O5. The largest absolute Gasteiger partial charge is 0.484 e. The van der Waals surface area contributed by atoms with E-state index >= 15 is 0 Å². The van der Waals surface area contributed by atoms with Crippen LogP contribution in [0, 0.1) is 6.92 Å². The van der Waals surface area contributed by atoms with E-state index in [9.17, 15) is 5.11 Å². The lowest BCUT2D eigenvalue weighted by molar-refractivity contribution is 0.174. The van der Waals surface area contributed by atoms with Crippen LogP contribution in [0.15, 0.2) is 71.1 Å². The maximum atomic E-state index is 9.27. The van der Waals surface area contributed by atoms with Crippen molar-refractivity contribution in [1.29, 1.82) is 0 Å². The summed E-state index contributed by atoms with van der Waals surface area (Å²) in [4.78, 5) is 6.74. The topological polar surface area (TPSA) is 77.2 Å². The molecule has 0 amide bonds. The fourth-order valence-electron chi connectivity index (χ4n) is 4.17. The van der Waals surface area contributed by atoms with E-state index in [1.807, 2.05) is 79.5 Å². The van der Waals surface area contributed by atoms with E-state index in [1.54, 1.807) is 0 Å². The molecule has 0 radical (unpaired) electrons. The van der Waals surface area contributed by atoms with Crippen molar-refractivity contribution in [2.24, 2.45) is 0 Å². The molecule has 180 valence electrons. The highest BCUT2D eigenvalue weighted by atomic mass is 16.7. The summed E-state index contributed by atoms with van der Waals surface area (Å²) in [5.41, 5.74) is 4.89. The minimum absolute atomic E-state index is 0.0836. The standard InChI is InChI=1S/C28H28N2O5/c1-19-22(21-11-12-24-25(15-21)34-18-33-24)9-6-10-23(19)32-17-27-29-28(20-7-4-3-5-8-20)26(35-27)16-30(2)13-14-31/h3-12,15,31H,13-14,16-18H2,1-2H3. The van der Waals surface area contributed by atoms with Gasteiger partial charge in [0.2, 0.25) is 12.7 Å². The third kappa shape index (κ3) is 5.01. The van der Waals surface area contributed by atoms with Gasteiger partial charge in [-0.25, -0.2) is 4.98 Å². The molecule has 1 aliphatic heterocycles. The van der Waals surface area contributed by atoms with Gasteiger partial charge in [-0.3, -0.25) is 4.90 Å². The average molecular weight is 473 g/mol. The van der Waals surface area contributed by atoms with E-state index in [2.05, 4.69) is 6.07 Å². The number of aromatic nitrogens is 1. The van der Waals surface area contributed by atoms with Crippen LogP contribution >= 0.6 is 0 Å². The van der Waals surface area contributed by atoms with E-state index < -0.39 is 0 Å². The van der Waals surface area contributed by atoms with Crippen LogP contribution in [0.25, 0.3) is 22.4 Å². The van der Waals surface area contributed by atoms with Crippen molar-refractivity contribution in [2.75, 3.05) is 27.0 Å². The quantitative estimate of drug-likeness (QED) is 0.365. The molecule has 35 heavy (non-hydrogen) atoms. The van der Waals surface area contributed by atoms with Gasteiger partial charge in [-0.05, 0) is 48.9 Å². The fraction of sp³-hybridized carbons (Fsp3) is 0.250. The van der Waals surface area contributed by atoms with Crippen LogP contribution in [0.2, 0.25) is 0 Å². The highest BCUT2D eigenvalue weighted by Crippen LogP contribution is 2.38. The zero-order chi connectivity index (χ0) is 24.2. The molecule has 7 nitrogen and oxygen atoms in total. The average Bonchev–Trinajstić information content (AvgIpc) is 3.50. The Hall–Kier alpha value is -3.81. The Bertz CT molecular complexity index is 1300. The first-order valence-electron chi connectivity index (χ1n) is 11.6. The lowest BCUT2D eigenvalue weighted by Gasteiger charge is -2.13. The number of nitrogens with zero attached hydrogens (tertiary/aromatic N) is 2. The minimum atomic E-state index is 0.0836. The summed E-state index contributed by atoms with van der Waals surface area (Å²) in [6.07, 6.45) is 0. The van der Waals surface area contributed by atoms with Gasteiger partial charge in [-0.2, -0.15) is 0 Å². The van der Waals surface area contributed by atoms with Crippen LogP contribution in [0.1, 0.15) is 17.2 Å². The van der Waals surface area contributed by atoms with Gasteiger partial charge in [-0.15, -0.1) is 0 Å². The smallest absolute Gasteiger partial charge is 0.233 e. The first kappa shape index (κ1) is 23.0. The Balaban J connectivity index is 1.37. The number of ether oxygens (including phenoxy) is 3. The first-order chi connectivity index (χ1) is 17.1. The second-order valence-corrected chi connectivity index (χ2v) is 8.49. The summed E-state index contributed by atoms with van der Waals surface area (Å²) in [5, 5.41) is 9.27. The molecular weight excluding hydrogens is 444 g/mol. The van der Waals surface area contributed by atoms with E-state index in [0.29, 0.717) is 19.0 Å². The number of fused-ring (bicyclic) bond motifs is 1. The molecule has 3 aromatic carbocycles. The Kier molecular flexibility index (Phi) is 6.70. The fourth-order valence-corrected chi connectivity index (χ4v) is 4.17. The molecule has 5 rings (SSSR count). The zero-order valence-corrected chi connectivity index (χ0v) is 19.9. The predicted molar refractivity (Wildman–Crippen MR) is 132 cm³/mol. The van der Waals surface area contributed by atoms with Gasteiger partial charge in [0.05, 0.1) is 13.2 Å². The SMILES string of the molecule is Cc1c(OCc2nc(-c3ccccc3)c(CN(C)CCO)o2)cccc1-c1ccc2c(c1)OCO2. The van der Waals surface area contributed by atoms with Crippen molar-refractivity contribution in [3.63, 3.8) is 0 Å². The third-order valence-electron chi connectivity index (χ3n) is 6.00. The lowest BCUT2D eigenvalue weighted by atomic mass is 9.99. The van der Waals surface area contributed by atoms with Crippen LogP contribution in [0.5, 0.6) is 17.2 Å².